The van der Waals surface area contributed by atoms with Gasteiger partial charge in [0.25, 0.3) is 0 Å². The molecule has 0 atom stereocenters. The molecule has 7 rings (SSSR count). The number of ether oxygens (including phenoxy) is 1. The number of ketones is 1. The molecule has 204 valence electrons. The van der Waals surface area contributed by atoms with E-state index in [1.807, 2.05) is 43.3 Å². The summed E-state index contributed by atoms with van der Waals surface area (Å²) in [5, 5.41) is 6.14. The van der Waals surface area contributed by atoms with Crippen molar-refractivity contribution < 1.29 is 13.9 Å². The second-order valence-corrected chi connectivity index (χ2v) is 10.4. The lowest BCUT2D eigenvalue weighted by Crippen LogP contribution is -2.12. The summed E-state index contributed by atoms with van der Waals surface area (Å²) in [6.45, 7) is 3.46. The van der Waals surface area contributed by atoms with Crippen molar-refractivity contribution >= 4 is 71.9 Å². The molecule has 0 aliphatic rings. The van der Waals surface area contributed by atoms with Gasteiger partial charge in [0.15, 0.2) is 11.4 Å². The van der Waals surface area contributed by atoms with Crippen LogP contribution < -0.4 is 4.90 Å². The number of anilines is 3. The summed E-state index contributed by atoms with van der Waals surface area (Å²) in [7, 11) is 1.61. The minimum atomic E-state index is -0.0376. The maximum atomic E-state index is 13.2. The van der Waals surface area contributed by atoms with E-state index in [2.05, 4.69) is 89.8 Å². The lowest BCUT2D eigenvalue weighted by molar-refractivity contribution is -0.111. The number of carbonyl (C=O) groups is 1. The van der Waals surface area contributed by atoms with E-state index in [-0.39, 0.29) is 5.78 Å². The summed E-state index contributed by atoms with van der Waals surface area (Å²) in [6.07, 6.45) is 0. The number of nitrogens with zero attached hydrogens (tertiary/aromatic N) is 1. The van der Waals surface area contributed by atoms with Crippen LogP contribution in [0.15, 0.2) is 132 Å². The van der Waals surface area contributed by atoms with Gasteiger partial charge >= 0.3 is 0 Å². The molecule has 1 aromatic heterocycles. The van der Waals surface area contributed by atoms with Crippen LogP contribution in [0.5, 0.6) is 0 Å². The van der Waals surface area contributed by atoms with E-state index >= 15 is 0 Å². The number of para-hydroxylation sites is 3. The number of carbonyl (C=O) groups excluding carboxylic acids is 1. The second kappa shape index (κ2) is 10.2. The Bertz CT molecular complexity index is 2120. The molecule has 4 heteroatoms. The molecule has 0 bridgehead atoms. The fourth-order valence-electron chi connectivity index (χ4n) is 6.19. The maximum absolute atomic E-state index is 13.2. The van der Waals surface area contributed by atoms with E-state index in [9.17, 15) is 4.79 Å². The van der Waals surface area contributed by atoms with E-state index in [1.165, 1.54) is 0 Å². The van der Waals surface area contributed by atoms with Crippen LogP contribution in [0.3, 0.4) is 0 Å². The van der Waals surface area contributed by atoms with Crippen LogP contribution in [0.4, 0.5) is 17.1 Å². The van der Waals surface area contributed by atoms with Crippen molar-refractivity contribution in [2.24, 2.45) is 0 Å². The average Bonchev–Trinajstić information content (AvgIpc) is 3.42. The number of Topliss-reactive ketones (excluding diaryl/α,β-unsaturated/α-hetero) is 1. The van der Waals surface area contributed by atoms with E-state index in [4.69, 9.17) is 9.15 Å². The first-order valence-corrected chi connectivity index (χ1v) is 14.0. The summed E-state index contributed by atoms with van der Waals surface area (Å²) < 4.78 is 12.2. The Kier molecular flexibility index (Phi) is 6.24. The predicted octanol–water partition coefficient (Wildman–Crippen LogP) is 10.3. The number of fused-ring (bicyclic) bond motifs is 5. The van der Waals surface area contributed by atoms with Crippen molar-refractivity contribution in [3.8, 4) is 0 Å². The lowest BCUT2D eigenvalue weighted by atomic mass is 9.88. The zero-order valence-corrected chi connectivity index (χ0v) is 23.7. The van der Waals surface area contributed by atoms with Crippen molar-refractivity contribution in [2.75, 3.05) is 12.0 Å². The standard InChI is InChI=1S/C38H29NO3/c1-24(40)35(25(2)41-3)36-28-17-7-9-19-30(28)37(31-20-10-8-18-29(31)36)39(26-14-5-4-6-15-26)33-22-13-21-32-27-16-11-12-23-34(27)42-38(32)33/h4-23H,1-3H3/b35-25+. The van der Waals surface area contributed by atoms with Gasteiger partial charge in [0, 0.05) is 32.8 Å². The van der Waals surface area contributed by atoms with Crippen LogP contribution in [0, 0.1) is 0 Å². The molecule has 0 aliphatic heterocycles. The van der Waals surface area contributed by atoms with Gasteiger partial charge in [0.1, 0.15) is 11.3 Å². The molecule has 1 heterocycles. The van der Waals surface area contributed by atoms with E-state index in [0.29, 0.717) is 11.3 Å². The third-order valence-corrected chi connectivity index (χ3v) is 8.03. The number of hydrogen-bond acceptors (Lipinski definition) is 4. The van der Waals surface area contributed by atoms with E-state index in [1.54, 1.807) is 14.0 Å². The van der Waals surface area contributed by atoms with E-state index in [0.717, 1.165) is 66.1 Å². The molecule has 0 spiro atoms. The monoisotopic (exact) mass is 547 g/mol. The summed E-state index contributed by atoms with van der Waals surface area (Å²) in [4.78, 5) is 15.5. The quantitative estimate of drug-likeness (QED) is 0.118. The molecular weight excluding hydrogens is 518 g/mol. The Morgan fingerprint density at radius 1 is 0.619 bits per heavy atom. The molecule has 42 heavy (non-hydrogen) atoms. The minimum Gasteiger partial charge on any atom is -0.501 e. The van der Waals surface area contributed by atoms with Gasteiger partial charge in [-0.05, 0) is 48.9 Å². The molecule has 0 unspecified atom stereocenters. The number of methoxy groups -OCH3 is 1. The Labute approximate surface area is 244 Å². The first kappa shape index (κ1) is 25.6. The number of benzene rings is 6. The van der Waals surface area contributed by atoms with Gasteiger partial charge in [0.05, 0.1) is 24.1 Å². The molecule has 0 radical (unpaired) electrons. The Hall–Kier alpha value is -5.35. The van der Waals surface area contributed by atoms with Crippen molar-refractivity contribution in [1.82, 2.24) is 0 Å². The fraction of sp³-hybridized carbons (Fsp3) is 0.0789. The number of hydrogen-bond donors (Lipinski definition) is 0. The largest absolute Gasteiger partial charge is 0.501 e. The number of furan rings is 1. The van der Waals surface area contributed by atoms with E-state index < -0.39 is 0 Å². The first-order chi connectivity index (χ1) is 20.6. The van der Waals surface area contributed by atoms with Gasteiger partial charge in [0.2, 0.25) is 0 Å². The second-order valence-electron chi connectivity index (χ2n) is 10.4. The topological polar surface area (TPSA) is 42.7 Å². The summed E-state index contributed by atoms with van der Waals surface area (Å²) in [5.74, 6) is 0.557. The highest BCUT2D eigenvalue weighted by Gasteiger charge is 2.26. The number of allylic oxidation sites excluding steroid dienone is 2. The van der Waals surface area contributed by atoms with Crippen LogP contribution in [0.2, 0.25) is 0 Å². The molecular formula is C38H29NO3. The highest BCUT2D eigenvalue weighted by molar-refractivity contribution is 6.30. The van der Waals surface area contributed by atoms with Crippen LogP contribution in [-0.4, -0.2) is 12.9 Å². The maximum Gasteiger partial charge on any atom is 0.163 e. The smallest absolute Gasteiger partial charge is 0.163 e. The Morgan fingerprint density at radius 2 is 1.17 bits per heavy atom. The Balaban J connectivity index is 1.67. The van der Waals surface area contributed by atoms with Crippen molar-refractivity contribution in [3.05, 3.63) is 133 Å². The molecule has 0 aliphatic carbocycles. The van der Waals surface area contributed by atoms with Crippen molar-refractivity contribution in [1.29, 1.82) is 0 Å². The van der Waals surface area contributed by atoms with Gasteiger partial charge in [-0.25, -0.2) is 0 Å². The molecule has 0 N–H and O–H groups in total. The summed E-state index contributed by atoms with van der Waals surface area (Å²) in [6, 6.07) is 41.5. The molecule has 0 fully saturated rings. The molecule has 4 nitrogen and oxygen atoms in total. The SMILES string of the molecule is CO/C(C)=C(\C(C)=O)c1c2ccccc2c(N(c2ccccc2)c2cccc3c2oc2ccccc23)c2ccccc12. The van der Waals surface area contributed by atoms with Gasteiger partial charge < -0.3 is 14.1 Å². The summed E-state index contributed by atoms with van der Waals surface area (Å²) >= 11 is 0. The van der Waals surface area contributed by atoms with Crippen LogP contribution in [0.1, 0.15) is 19.4 Å². The fourth-order valence-corrected chi connectivity index (χ4v) is 6.19. The lowest BCUT2D eigenvalue weighted by Gasteiger charge is -2.29. The minimum absolute atomic E-state index is 0.0376. The number of rotatable bonds is 6. The van der Waals surface area contributed by atoms with Crippen LogP contribution in [0.25, 0.3) is 49.1 Å². The highest BCUT2D eigenvalue weighted by Crippen LogP contribution is 2.49. The Morgan fingerprint density at radius 3 is 1.79 bits per heavy atom. The zero-order chi connectivity index (χ0) is 28.8. The van der Waals surface area contributed by atoms with Gasteiger partial charge in [-0.2, -0.15) is 0 Å². The molecule has 7 aromatic rings. The van der Waals surface area contributed by atoms with Crippen LogP contribution >= 0.6 is 0 Å². The van der Waals surface area contributed by atoms with Crippen molar-refractivity contribution in [2.45, 2.75) is 13.8 Å². The zero-order valence-electron chi connectivity index (χ0n) is 23.7. The third-order valence-electron chi connectivity index (χ3n) is 8.03. The van der Waals surface area contributed by atoms with Crippen LogP contribution in [-0.2, 0) is 9.53 Å². The normalized spacial score (nSPS) is 12.2. The average molecular weight is 548 g/mol. The van der Waals surface area contributed by atoms with Gasteiger partial charge in [-0.15, -0.1) is 0 Å². The van der Waals surface area contributed by atoms with Gasteiger partial charge in [-0.3, -0.25) is 4.79 Å². The molecule has 6 aromatic carbocycles. The van der Waals surface area contributed by atoms with Crippen molar-refractivity contribution in [3.63, 3.8) is 0 Å². The summed E-state index contributed by atoms with van der Waals surface area (Å²) in [5.41, 5.74) is 6.09. The van der Waals surface area contributed by atoms with Gasteiger partial charge in [-0.1, -0.05) is 97.1 Å². The third kappa shape index (κ3) is 3.95. The molecule has 0 saturated heterocycles. The molecule has 0 amide bonds. The predicted molar refractivity (Wildman–Crippen MR) is 174 cm³/mol. The first-order valence-electron chi connectivity index (χ1n) is 14.0. The molecule has 0 saturated carbocycles. The highest BCUT2D eigenvalue weighted by atomic mass is 16.5.